The van der Waals surface area contributed by atoms with E-state index < -0.39 is 0 Å². The number of ether oxygens (including phenoxy) is 1. The van der Waals surface area contributed by atoms with Gasteiger partial charge in [0.05, 0.1) is 25.8 Å². The number of rotatable bonds is 5. The molecule has 2 rings (SSSR count). The predicted octanol–water partition coefficient (Wildman–Crippen LogP) is 1.46. The Morgan fingerprint density at radius 3 is 3.05 bits per heavy atom. The highest BCUT2D eigenvalue weighted by molar-refractivity contribution is 7.09. The molecule has 6 heteroatoms. The molecule has 0 unspecified atom stereocenters. The first-order valence-electron chi connectivity index (χ1n) is 6.41. The van der Waals surface area contributed by atoms with Crippen LogP contribution in [0.25, 0.3) is 0 Å². The van der Waals surface area contributed by atoms with Crippen LogP contribution >= 0.6 is 11.3 Å². The Kier molecular flexibility index (Phi) is 5.45. The van der Waals surface area contributed by atoms with Crippen LogP contribution < -0.4 is 0 Å². The fourth-order valence-corrected chi connectivity index (χ4v) is 2.67. The zero-order chi connectivity index (χ0) is 13.5. The Hall–Kier alpha value is -1.29. The zero-order valence-electron chi connectivity index (χ0n) is 11.1. The second-order valence-electron chi connectivity index (χ2n) is 4.44. The number of thiazole rings is 1. The largest absolute Gasteiger partial charge is 0.379 e. The topological polar surface area (TPSA) is 61.5 Å². The average Bonchev–Trinajstić information content (AvgIpc) is 2.86. The summed E-state index contributed by atoms with van der Waals surface area (Å²) in [5, 5.41) is 11.9. The van der Waals surface area contributed by atoms with Crippen molar-refractivity contribution in [1.29, 1.82) is 5.26 Å². The number of aromatic nitrogens is 1. The van der Waals surface area contributed by atoms with E-state index in [1.54, 1.807) is 6.21 Å². The van der Waals surface area contributed by atoms with Gasteiger partial charge in [0, 0.05) is 36.9 Å². The molecule has 2 heterocycles. The first-order valence-corrected chi connectivity index (χ1v) is 7.29. The molecule has 1 aromatic rings. The van der Waals surface area contributed by atoms with Crippen molar-refractivity contribution in [3.8, 4) is 6.07 Å². The molecule has 0 saturated carbocycles. The molecule has 1 aliphatic heterocycles. The molecule has 102 valence electrons. The van der Waals surface area contributed by atoms with Crippen molar-refractivity contribution in [3.05, 3.63) is 16.1 Å². The summed E-state index contributed by atoms with van der Waals surface area (Å²) in [4.78, 5) is 11.0. The summed E-state index contributed by atoms with van der Waals surface area (Å²) in [5.41, 5.74) is 0.960. The third-order valence-electron chi connectivity index (χ3n) is 2.95. The minimum absolute atomic E-state index is 0.316. The van der Waals surface area contributed by atoms with Crippen molar-refractivity contribution in [3.63, 3.8) is 0 Å². The molecule has 0 bridgehead atoms. The number of hydrogen-bond donors (Lipinski definition) is 0. The Morgan fingerprint density at radius 2 is 2.42 bits per heavy atom. The summed E-state index contributed by atoms with van der Waals surface area (Å²) in [6.07, 6.45) is 1.72. The third-order valence-corrected chi connectivity index (χ3v) is 3.99. The molecule has 19 heavy (non-hydrogen) atoms. The molecular weight excluding hydrogens is 260 g/mol. The molecule has 5 nitrogen and oxygen atoms in total. The number of aliphatic imine (C=N–C) groups is 1. The number of nitrogens with zero attached hydrogens (tertiary/aromatic N) is 4. The molecule has 0 aliphatic carbocycles. The highest BCUT2D eigenvalue weighted by Crippen LogP contribution is 2.17. The molecule has 0 amide bonds. The zero-order valence-corrected chi connectivity index (χ0v) is 11.9. The van der Waals surface area contributed by atoms with Gasteiger partial charge in [0.25, 0.3) is 0 Å². The van der Waals surface area contributed by atoms with Gasteiger partial charge >= 0.3 is 0 Å². The normalized spacial score (nSPS) is 18.5. The van der Waals surface area contributed by atoms with E-state index in [0.29, 0.717) is 0 Å². The summed E-state index contributed by atoms with van der Waals surface area (Å²) in [6, 6.07) is 2.24. The molecule has 0 N–H and O–H groups in total. The SMILES string of the molecule is Cc1csc([C@@H](C#N)C=NCCN2CCOCC2)n1. The number of morpholine rings is 1. The molecule has 1 aromatic heterocycles. The van der Waals surface area contributed by atoms with E-state index in [-0.39, 0.29) is 5.92 Å². The van der Waals surface area contributed by atoms with Gasteiger partial charge < -0.3 is 4.74 Å². The Balaban J connectivity index is 1.78. The van der Waals surface area contributed by atoms with Crippen molar-refractivity contribution < 1.29 is 4.74 Å². The van der Waals surface area contributed by atoms with Crippen LogP contribution in [0.15, 0.2) is 10.4 Å². The summed E-state index contributed by atoms with van der Waals surface area (Å²) in [7, 11) is 0. The van der Waals surface area contributed by atoms with Gasteiger partial charge in [-0.1, -0.05) is 0 Å². The van der Waals surface area contributed by atoms with E-state index in [4.69, 9.17) is 10.00 Å². The lowest BCUT2D eigenvalue weighted by atomic mass is 10.2. The first kappa shape index (κ1) is 14.1. The average molecular weight is 278 g/mol. The van der Waals surface area contributed by atoms with E-state index in [2.05, 4.69) is 20.9 Å². The lowest BCUT2D eigenvalue weighted by Crippen LogP contribution is -2.37. The summed E-state index contributed by atoms with van der Waals surface area (Å²) >= 11 is 1.52. The number of aryl methyl sites for hydroxylation is 1. The standard InChI is InChI=1S/C13H18N4OS/c1-11-10-19-13(16-11)12(8-14)9-15-2-3-17-4-6-18-7-5-17/h9-10,12H,2-7H2,1H3/t12-/m0/s1. The third kappa shape index (κ3) is 4.39. The van der Waals surface area contributed by atoms with Crippen LogP contribution in [0.2, 0.25) is 0 Å². The minimum atomic E-state index is -0.316. The molecule has 1 saturated heterocycles. The Labute approximate surface area is 117 Å². The maximum absolute atomic E-state index is 9.14. The maximum atomic E-state index is 9.14. The second kappa shape index (κ2) is 7.34. The molecule has 0 radical (unpaired) electrons. The van der Waals surface area contributed by atoms with E-state index in [1.807, 2.05) is 12.3 Å². The van der Waals surface area contributed by atoms with Crippen molar-refractivity contribution in [1.82, 2.24) is 9.88 Å². The van der Waals surface area contributed by atoms with Crippen LogP contribution in [0.4, 0.5) is 0 Å². The fraction of sp³-hybridized carbons (Fsp3) is 0.615. The van der Waals surface area contributed by atoms with Crippen LogP contribution in [0.3, 0.4) is 0 Å². The number of nitriles is 1. The molecule has 0 aromatic carbocycles. The van der Waals surface area contributed by atoms with Gasteiger partial charge in [-0.2, -0.15) is 5.26 Å². The van der Waals surface area contributed by atoms with Crippen LogP contribution in [-0.4, -0.2) is 55.5 Å². The van der Waals surface area contributed by atoms with Crippen molar-refractivity contribution in [2.24, 2.45) is 4.99 Å². The van der Waals surface area contributed by atoms with Gasteiger partial charge in [0.1, 0.15) is 10.9 Å². The van der Waals surface area contributed by atoms with Gasteiger partial charge in [-0.15, -0.1) is 11.3 Å². The minimum Gasteiger partial charge on any atom is -0.379 e. The summed E-state index contributed by atoms with van der Waals surface area (Å²) in [6.45, 7) is 7.15. The van der Waals surface area contributed by atoms with E-state index in [9.17, 15) is 0 Å². The monoisotopic (exact) mass is 278 g/mol. The molecular formula is C13H18N4OS. The van der Waals surface area contributed by atoms with Gasteiger partial charge in [0.15, 0.2) is 0 Å². The van der Waals surface area contributed by atoms with Gasteiger partial charge in [-0.05, 0) is 6.92 Å². The summed E-state index contributed by atoms with van der Waals surface area (Å²) < 4.78 is 5.29. The van der Waals surface area contributed by atoms with Crippen LogP contribution in [0, 0.1) is 18.3 Å². The van der Waals surface area contributed by atoms with E-state index in [1.165, 1.54) is 11.3 Å². The van der Waals surface area contributed by atoms with Gasteiger partial charge in [0.2, 0.25) is 0 Å². The molecule has 1 aliphatic rings. The van der Waals surface area contributed by atoms with Crippen LogP contribution in [0.5, 0.6) is 0 Å². The second-order valence-corrected chi connectivity index (χ2v) is 5.33. The Morgan fingerprint density at radius 1 is 1.63 bits per heavy atom. The van der Waals surface area contributed by atoms with E-state index >= 15 is 0 Å². The molecule has 1 fully saturated rings. The van der Waals surface area contributed by atoms with Crippen LogP contribution in [-0.2, 0) is 4.74 Å². The van der Waals surface area contributed by atoms with Crippen molar-refractivity contribution >= 4 is 17.6 Å². The smallest absolute Gasteiger partial charge is 0.133 e. The maximum Gasteiger partial charge on any atom is 0.133 e. The fourth-order valence-electron chi connectivity index (χ4n) is 1.87. The van der Waals surface area contributed by atoms with Gasteiger partial charge in [-0.25, -0.2) is 4.98 Å². The Bertz CT molecular complexity index is 459. The molecule has 1 atom stereocenters. The van der Waals surface area contributed by atoms with Crippen molar-refractivity contribution in [2.45, 2.75) is 12.8 Å². The quantitative estimate of drug-likeness (QED) is 0.765. The lowest BCUT2D eigenvalue weighted by Gasteiger charge is -2.25. The highest BCUT2D eigenvalue weighted by atomic mass is 32.1. The highest BCUT2D eigenvalue weighted by Gasteiger charge is 2.12. The number of hydrogen-bond acceptors (Lipinski definition) is 6. The van der Waals surface area contributed by atoms with Crippen LogP contribution in [0.1, 0.15) is 16.6 Å². The first-order chi connectivity index (χ1) is 9.29. The molecule has 0 spiro atoms. The van der Waals surface area contributed by atoms with Gasteiger partial charge in [-0.3, -0.25) is 9.89 Å². The van der Waals surface area contributed by atoms with E-state index in [0.717, 1.165) is 50.1 Å². The van der Waals surface area contributed by atoms with Crippen molar-refractivity contribution in [2.75, 3.05) is 39.4 Å². The lowest BCUT2D eigenvalue weighted by molar-refractivity contribution is 0.0394. The predicted molar refractivity (Wildman–Crippen MR) is 75.8 cm³/mol. The summed E-state index contributed by atoms with van der Waals surface area (Å²) in [5.74, 6) is -0.316.